The molecule has 1 saturated carbocycles. The van der Waals surface area contributed by atoms with Crippen LogP contribution >= 0.6 is 0 Å². The summed E-state index contributed by atoms with van der Waals surface area (Å²) in [6, 6.07) is 6.38. The van der Waals surface area contributed by atoms with Crippen LogP contribution in [0.2, 0.25) is 0 Å². The summed E-state index contributed by atoms with van der Waals surface area (Å²) in [5.74, 6) is 0.140. The quantitative estimate of drug-likeness (QED) is 0.736. The SMILES string of the molecule is OCC1C/C1=C\c1ccc(F)cc1. The average molecular weight is 178 g/mol. The lowest BCUT2D eigenvalue weighted by atomic mass is 10.2. The lowest BCUT2D eigenvalue weighted by Gasteiger charge is -1.91. The van der Waals surface area contributed by atoms with E-state index in [-0.39, 0.29) is 12.4 Å². The van der Waals surface area contributed by atoms with Crippen molar-refractivity contribution >= 4 is 6.08 Å². The van der Waals surface area contributed by atoms with E-state index < -0.39 is 0 Å². The molecule has 0 aromatic heterocycles. The summed E-state index contributed by atoms with van der Waals surface area (Å²) in [6.07, 6.45) is 2.99. The first-order chi connectivity index (χ1) is 6.29. The van der Waals surface area contributed by atoms with Gasteiger partial charge in [0.25, 0.3) is 0 Å². The Bertz CT molecular complexity index is 326. The molecule has 1 fully saturated rings. The molecule has 0 spiro atoms. The first-order valence-corrected chi connectivity index (χ1v) is 4.36. The zero-order valence-corrected chi connectivity index (χ0v) is 7.20. The molecule has 1 unspecified atom stereocenters. The van der Waals surface area contributed by atoms with Gasteiger partial charge in [-0.1, -0.05) is 23.8 Å². The van der Waals surface area contributed by atoms with E-state index in [0.717, 1.165) is 12.0 Å². The molecule has 0 saturated heterocycles. The summed E-state index contributed by atoms with van der Waals surface area (Å²) in [5, 5.41) is 8.80. The average Bonchev–Trinajstić information content (AvgIpc) is 2.88. The van der Waals surface area contributed by atoms with E-state index in [1.54, 1.807) is 12.1 Å². The van der Waals surface area contributed by atoms with Crippen LogP contribution in [0.4, 0.5) is 4.39 Å². The van der Waals surface area contributed by atoms with Gasteiger partial charge in [0, 0.05) is 12.5 Å². The molecule has 1 N–H and O–H groups in total. The van der Waals surface area contributed by atoms with Gasteiger partial charge in [-0.05, 0) is 24.1 Å². The number of benzene rings is 1. The van der Waals surface area contributed by atoms with E-state index in [1.807, 2.05) is 6.08 Å². The molecular formula is C11H11FO. The molecule has 1 nitrogen and oxygen atoms in total. The van der Waals surface area contributed by atoms with Crippen molar-refractivity contribution in [3.63, 3.8) is 0 Å². The van der Waals surface area contributed by atoms with Gasteiger partial charge in [0.1, 0.15) is 5.82 Å². The highest BCUT2D eigenvalue weighted by atomic mass is 19.1. The van der Waals surface area contributed by atoms with Crippen LogP contribution in [0.5, 0.6) is 0 Å². The van der Waals surface area contributed by atoms with Crippen molar-refractivity contribution in [3.05, 3.63) is 41.2 Å². The largest absolute Gasteiger partial charge is 0.396 e. The van der Waals surface area contributed by atoms with E-state index in [1.165, 1.54) is 17.7 Å². The van der Waals surface area contributed by atoms with Crippen LogP contribution in [0.3, 0.4) is 0 Å². The summed E-state index contributed by atoms with van der Waals surface area (Å²) in [6.45, 7) is 0.229. The van der Waals surface area contributed by atoms with Crippen molar-refractivity contribution in [1.82, 2.24) is 0 Å². The van der Waals surface area contributed by atoms with Gasteiger partial charge in [-0.2, -0.15) is 0 Å². The molecule has 0 aliphatic heterocycles. The van der Waals surface area contributed by atoms with Crippen LogP contribution in [-0.4, -0.2) is 11.7 Å². The van der Waals surface area contributed by atoms with Crippen molar-refractivity contribution < 1.29 is 9.50 Å². The molecule has 1 aromatic rings. The zero-order chi connectivity index (χ0) is 9.26. The first-order valence-electron chi connectivity index (χ1n) is 4.36. The number of hydrogen-bond acceptors (Lipinski definition) is 1. The van der Waals surface area contributed by atoms with E-state index in [4.69, 9.17) is 5.11 Å². The Kier molecular flexibility index (Phi) is 2.15. The van der Waals surface area contributed by atoms with Crippen molar-refractivity contribution in [2.75, 3.05) is 6.61 Å². The second-order valence-electron chi connectivity index (χ2n) is 3.35. The second-order valence-corrected chi connectivity index (χ2v) is 3.35. The van der Waals surface area contributed by atoms with Gasteiger partial charge in [0.05, 0.1) is 0 Å². The maximum Gasteiger partial charge on any atom is 0.123 e. The predicted octanol–water partition coefficient (Wildman–Crippen LogP) is 2.22. The Balaban J connectivity index is 2.11. The van der Waals surface area contributed by atoms with Gasteiger partial charge in [-0.15, -0.1) is 0 Å². The maximum absolute atomic E-state index is 12.5. The lowest BCUT2D eigenvalue weighted by Crippen LogP contribution is -1.81. The van der Waals surface area contributed by atoms with Gasteiger partial charge in [0.15, 0.2) is 0 Å². The summed E-state index contributed by atoms with van der Waals surface area (Å²) in [5.41, 5.74) is 2.27. The second kappa shape index (κ2) is 3.30. The molecule has 13 heavy (non-hydrogen) atoms. The van der Waals surface area contributed by atoms with E-state index in [9.17, 15) is 4.39 Å². The van der Waals surface area contributed by atoms with Gasteiger partial charge in [-0.3, -0.25) is 0 Å². The van der Waals surface area contributed by atoms with Gasteiger partial charge < -0.3 is 5.11 Å². The third-order valence-electron chi connectivity index (χ3n) is 2.29. The Morgan fingerprint density at radius 1 is 1.38 bits per heavy atom. The molecule has 1 aromatic carbocycles. The predicted molar refractivity (Wildman–Crippen MR) is 49.6 cm³/mol. The molecule has 1 aliphatic rings. The first kappa shape index (κ1) is 8.45. The normalized spacial score (nSPS) is 23.5. The van der Waals surface area contributed by atoms with Crippen molar-refractivity contribution in [2.24, 2.45) is 5.92 Å². The van der Waals surface area contributed by atoms with Crippen LogP contribution in [-0.2, 0) is 0 Å². The lowest BCUT2D eigenvalue weighted by molar-refractivity contribution is 0.281. The minimum absolute atomic E-state index is 0.211. The summed E-state index contributed by atoms with van der Waals surface area (Å²) >= 11 is 0. The summed E-state index contributed by atoms with van der Waals surface area (Å²) in [4.78, 5) is 0. The molecule has 2 heteroatoms. The minimum atomic E-state index is -0.211. The monoisotopic (exact) mass is 178 g/mol. The molecule has 1 atom stereocenters. The number of hydrogen-bond donors (Lipinski definition) is 1. The topological polar surface area (TPSA) is 20.2 Å². The van der Waals surface area contributed by atoms with E-state index in [2.05, 4.69) is 0 Å². The molecular weight excluding hydrogens is 167 g/mol. The summed E-state index contributed by atoms with van der Waals surface area (Å²) < 4.78 is 12.5. The van der Waals surface area contributed by atoms with Crippen LogP contribution in [0, 0.1) is 11.7 Å². The van der Waals surface area contributed by atoms with Crippen molar-refractivity contribution in [1.29, 1.82) is 0 Å². The number of aliphatic hydroxyl groups excluding tert-OH is 1. The number of rotatable bonds is 2. The van der Waals surface area contributed by atoms with Crippen LogP contribution < -0.4 is 0 Å². The van der Waals surface area contributed by atoms with Crippen LogP contribution in [0.1, 0.15) is 12.0 Å². The van der Waals surface area contributed by atoms with E-state index in [0.29, 0.717) is 5.92 Å². The van der Waals surface area contributed by atoms with E-state index >= 15 is 0 Å². The highest BCUT2D eigenvalue weighted by molar-refractivity contribution is 5.57. The molecule has 0 radical (unpaired) electrons. The molecule has 0 bridgehead atoms. The fourth-order valence-electron chi connectivity index (χ4n) is 1.36. The fourth-order valence-corrected chi connectivity index (χ4v) is 1.36. The molecule has 2 rings (SSSR count). The number of aliphatic hydroxyl groups is 1. The molecule has 1 aliphatic carbocycles. The van der Waals surface area contributed by atoms with Crippen molar-refractivity contribution in [3.8, 4) is 0 Å². The smallest absolute Gasteiger partial charge is 0.123 e. The number of halogens is 1. The minimum Gasteiger partial charge on any atom is -0.396 e. The zero-order valence-electron chi connectivity index (χ0n) is 7.20. The maximum atomic E-state index is 12.5. The third-order valence-corrected chi connectivity index (χ3v) is 2.29. The molecule has 0 heterocycles. The fraction of sp³-hybridized carbons (Fsp3) is 0.273. The Morgan fingerprint density at radius 3 is 2.62 bits per heavy atom. The van der Waals surface area contributed by atoms with Gasteiger partial charge in [-0.25, -0.2) is 4.39 Å². The Labute approximate surface area is 76.5 Å². The standard InChI is InChI=1S/C11H11FO/c12-11-3-1-8(2-4-11)5-9-6-10(9)7-13/h1-5,10,13H,6-7H2/b9-5+. The Morgan fingerprint density at radius 2 is 2.08 bits per heavy atom. The molecule has 68 valence electrons. The van der Waals surface area contributed by atoms with Gasteiger partial charge >= 0.3 is 0 Å². The highest BCUT2D eigenvalue weighted by Gasteiger charge is 2.27. The molecule has 0 amide bonds. The Hall–Kier alpha value is -1.15. The van der Waals surface area contributed by atoms with Crippen molar-refractivity contribution in [2.45, 2.75) is 6.42 Å². The third kappa shape index (κ3) is 1.95. The van der Waals surface area contributed by atoms with Gasteiger partial charge in [0.2, 0.25) is 0 Å². The van der Waals surface area contributed by atoms with Crippen LogP contribution in [0.25, 0.3) is 6.08 Å². The summed E-state index contributed by atoms with van der Waals surface area (Å²) in [7, 11) is 0. The highest BCUT2D eigenvalue weighted by Crippen LogP contribution is 2.38. The van der Waals surface area contributed by atoms with Crippen LogP contribution in [0.15, 0.2) is 29.8 Å².